The third-order valence-electron chi connectivity index (χ3n) is 5.60. The van der Waals surface area contributed by atoms with Crippen LogP contribution in [0.2, 0.25) is 0 Å². The van der Waals surface area contributed by atoms with Crippen LogP contribution in [0.3, 0.4) is 0 Å². The quantitative estimate of drug-likeness (QED) is 0.657. The summed E-state index contributed by atoms with van der Waals surface area (Å²) in [6, 6.07) is 9.63. The molecule has 0 amide bonds. The summed E-state index contributed by atoms with van der Waals surface area (Å²) in [5, 5.41) is 0. The molecule has 0 aliphatic heterocycles. The van der Waals surface area contributed by atoms with Crippen LogP contribution < -0.4 is 0 Å². The lowest BCUT2D eigenvalue weighted by molar-refractivity contribution is 0.472. The van der Waals surface area contributed by atoms with E-state index in [1.165, 1.54) is 32.1 Å². The first-order valence-corrected chi connectivity index (χ1v) is 8.10. The van der Waals surface area contributed by atoms with Gasteiger partial charge in [0.15, 0.2) is 0 Å². The monoisotopic (exact) mass is 256 g/mol. The predicted octanol–water partition coefficient (Wildman–Crippen LogP) is 5.45. The van der Waals surface area contributed by atoms with E-state index in [1.54, 1.807) is 11.1 Å². The first-order chi connectivity index (χ1) is 8.98. The van der Waals surface area contributed by atoms with E-state index in [0.717, 1.165) is 11.8 Å². The Morgan fingerprint density at radius 3 is 2.05 bits per heavy atom. The van der Waals surface area contributed by atoms with Gasteiger partial charge >= 0.3 is 0 Å². The smallest absolute Gasteiger partial charge is 0.00233 e. The van der Waals surface area contributed by atoms with Gasteiger partial charge in [-0.25, -0.2) is 0 Å². The topological polar surface area (TPSA) is 0 Å². The number of hydrogen-bond donors (Lipinski definition) is 0. The third-order valence-corrected chi connectivity index (χ3v) is 5.60. The van der Waals surface area contributed by atoms with Crippen molar-refractivity contribution in [2.24, 2.45) is 11.8 Å². The van der Waals surface area contributed by atoms with Crippen molar-refractivity contribution in [3.63, 3.8) is 0 Å². The first kappa shape index (κ1) is 13.2. The van der Waals surface area contributed by atoms with Crippen LogP contribution in [-0.2, 0) is 10.8 Å². The van der Waals surface area contributed by atoms with Gasteiger partial charge in [0.1, 0.15) is 0 Å². The predicted molar refractivity (Wildman–Crippen MR) is 82.6 cm³/mol. The fraction of sp³-hybridized carbons (Fsp3) is 0.684. The maximum Gasteiger partial charge on any atom is -0.00233 e. The van der Waals surface area contributed by atoms with Crippen molar-refractivity contribution in [2.45, 2.75) is 70.6 Å². The Bertz CT molecular complexity index is 459. The molecule has 0 aromatic heterocycles. The number of benzene rings is 1. The summed E-state index contributed by atoms with van der Waals surface area (Å²) < 4.78 is 0. The van der Waals surface area contributed by atoms with Crippen LogP contribution in [0, 0.1) is 11.8 Å². The van der Waals surface area contributed by atoms with Gasteiger partial charge in [-0.1, -0.05) is 52.0 Å². The standard InChI is InChI=1S/C19H28/c1-14(2)13-18(8-9-18)16-6-5-7-17(12-16)19(10-11-19)15(3)4/h5-7,12,14-15H,8-11,13H2,1-4H3. The third kappa shape index (κ3) is 2.24. The first-order valence-electron chi connectivity index (χ1n) is 8.10. The largest absolute Gasteiger partial charge is 0.0627 e. The minimum absolute atomic E-state index is 0.518. The molecule has 2 aliphatic carbocycles. The van der Waals surface area contributed by atoms with Crippen molar-refractivity contribution in [1.82, 2.24) is 0 Å². The summed E-state index contributed by atoms with van der Waals surface area (Å²) >= 11 is 0. The minimum Gasteiger partial charge on any atom is -0.0627 e. The highest BCUT2D eigenvalue weighted by molar-refractivity contribution is 5.40. The Hall–Kier alpha value is -0.780. The molecular weight excluding hydrogens is 228 g/mol. The number of hydrogen-bond acceptors (Lipinski definition) is 0. The molecule has 0 radical (unpaired) electrons. The minimum atomic E-state index is 0.518. The maximum absolute atomic E-state index is 2.56. The number of rotatable bonds is 5. The van der Waals surface area contributed by atoms with E-state index in [2.05, 4.69) is 52.0 Å². The van der Waals surface area contributed by atoms with Gasteiger partial charge < -0.3 is 0 Å². The summed E-state index contributed by atoms with van der Waals surface area (Å²) in [5.74, 6) is 1.59. The summed E-state index contributed by atoms with van der Waals surface area (Å²) in [6.45, 7) is 9.50. The molecule has 104 valence electrons. The molecule has 3 rings (SSSR count). The summed E-state index contributed by atoms with van der Waals surface area (Å²) in [7, 11) is 0. The molecule has 0 bridgehead atoms. The Morgan fingerprint density at radius 1 is 0.947 bits per heavy atom. The van der Waals surface area contributed by atoms with E-state index in [4.69, 9.17) is 0 Å². The fourth-order valence-electron chi connectivity index (χ4n) is 4.04. The van der Waals surface area contributed by atoms with Gasteiger partial charge in [0.25, 0.3) is 0 Å². The van der Waals surface area contributed by atoms with E-state index in [9.17, 15) is 0 Å². The molecule has 2 saturated carbocycles. The molecule has 2 aliphatic rings. The molecule has 0 N–H and O–H groups in total. The molecule has 0 spiro atoms. The maximum atomic E-state index is 2.56. The lowest BCUT2D eigenvalue weighted by atomic mass is 9.81. The van der Waals surface area contributed by atoms with Crippen LogP contribution >= 0.6 is 0 Å². The molecule has 1 aromatic carbocycles. The van der Waals surface area contributed by atoms with E-state index in [1.807, 2.05) is 0 Å². The SMILES string of the molecule is CC(C)CC1(c2cccc(C3(C(C)C)CC3)c2)CC1. The molecular formula is C19H28. The highest BCUT2D eigenvalue weighted by atomic mass is 14.5. The van der Waals surface area contributed by atoms with Gasteiger partial charge in [-0.3, -0.25) is 0 Å². The van der Waals surface area contributed by atoms with Crippen molar-refractivity contribution in [3.05, 3.63) is 35.4 Å². The van der Waals surface area contributed by atoms with Crippen molar-refractivity contribution >= 4 is 0 Å². The molecule has 1 aromatic rings. The van der Waals surface area contributed by atoms with Gasteiger partial charge in [0.2, 0.25) is 0 Å². The molecule has 0 unspecified atom stereocenters. The lowest BCUT2D eigenvalue weighted by Gasteiger charge is -2.24. The van der Waals surface area contributed by atoms with Crippen LogP contribution in [-0.4, -0.2) is 0 Å². The van der Waals surface area contributed by atoms with Gasteiger partial charge in [-0.05, 0) is 65.9 Å². The molecule has 0 saturated heterocycles. The van der Waals surface area contributed by atoms with Gasteiger partial charge in [0.05, 0.1) is 0 Å². The van der Waals surface area contributed by atoms with Crippen LogP contribution in [0.15, 0.2) is 24.3 Å². The lowest BCUT2D eigenvalue weighted by Crippen LogP contribution is -2.16. The highest BCUT2D eigenvalue weighted by Gasteiger charge is 2.48. The zero-order chi connectivity index (χ0) is 13.7. The van der Waals surface area contributed by atoms with E-state index in [0.29, 0.717) is 10.8 Å². The zero-order valence-electron chi connectivity index (χ0n) is 13.0. The van der Waals surface area contributed by atoms with E-state index in [-0.39, 0.29) is 0 Å². The van der Waals surface area contributed by atoms with E-state index >= 15 is 0 Å². The molecule has 0 atom stereocenters. The molecule has 19 heavy (non-hydrogen) atoms. The Labute approximate surface area is 118 Å². The second kappa shape index (κ2) is 4.36. The van der Waals surface area contributed by atoms with Crippen LogP contribution in [0.4, 0.5) is 0 Å². The average Bonchev–Trinajstić information content (AvgIpc) is 3.23. The Morgan fingerprint density at radius 2 is 1.58 bits per heavy atom. The fourth-order valence-corrected chi connectivity index (χ4v) is 4.04. The second-order valence-corrected chi connectivity index (χ2v) is 7.77. The summed E-state index contributed by atoms with van der Waals surface area (Å²) in [6.07, 6.45) is 6.97. The van der Waals surface area contributed by atoms with Gasteiger partial charge in [0, 0.05) is 0 Å². The van der Waals surface area contributed by atoms with Crippen molar-refractivity contribution in [1.29, 1.82) is 0 Å². The van der Waals surface area contributed by atoms with Crippen LogP contribution in [0.1, 0.15) is 70.9 Å². The summed E-state index contributed by atoms with van der Waals surface area (Å²) in [4.78, 5) is 0. The highest BCUT2D eigenvalue weighted by Crippen LogP contribution is 2.57. The molecule has 0 heteroatoms. The van der Waals surface area contributed by atoms with Crippen LogP contribution in [0.25, 0.3) is 0 Å². The van der Waals surface area contributed by atoms with Gasteiger partial charge in [-0.15, -0.1) is 0 Å². The van der Waals surface area contributed by atoms with Gasteiger partial charge in [-0.2, -0.15) is 0 Å². The average molecular weight is 256 g/mol. The molecule has 2 fully saturated rings. The zero-order valence-corrected chi connectivity index (χ0v) is 13.0. The normalized spacial score (nSPS) is 22.8. The molecule has 0 nitrogen and oxygen atoms in total. The van der Waals surface area contributed by atoms with E-state index < -0.39 is 0 Å². The van der Waals surface area contributed by atoms with Crippen molar-refractivity contribution in [3.8, 4) is 0 Å². The molecule has 0 heterocycles. The summed E-state index contributed by atoms with van der Waals surface area (Å²) in [5.41, 5.74) is 4.31. The Kier molecular flexibility index (Phi) is 3.04. The van der Waals surface area contributed by atoms with Crippen molar-refractivity contribution < 1.29 is 0 Å². The van der Waals surface area contributed by atoms with Crippen molar-refractivity contribution in [2.75, 3.05) is 0 Å². The Balaban J connectivity index is 1.89. The second-order valence-electron chi connectivity index (χ2n) is 7.77. The van der Waals surface area contributed by atoms with Crippen LogP contribution in [0.5, 0.6) is 0 Å².